The van der Waals surface area contributed by atoms with Crippen LogP contribution in [0.25, 0.3) is 0 Å². The van der Waals surface area contributed by atoms with Crippen LogP contribution in [0.5, 0.6) is 0 Å². The van der Waals surface area contributed by atoms with Crippen molar-refractivity contribution in [2.75, 3.05) is 42.7 Å². The molecule has 2 saturated heterocycles. The minimum Gasteiger partial charge on any atom is -0.355 e. The molecule has 3 atom stereocenters. The van der Waals surface area contributed by atoms with Gasteiger partial charge in [0.2, 0.25) is 5.95 Å². The quantitative estimate of drug-likeness (QED) is 0.783. The molecule has 4 heterocycles. The van der Waals surface area contributed by atoms with Crippen LogP contribution in [0.4, 0.5) is 17.5 Å². The smallest absolute Gasteiger partial charge is 0.229 e. The molecule has 0 saturated carbocycles. The van der Waals surface area contributed by atoms with Crippen molar-refractivity contribution in [3.63, 3.8) is 0 Å². The molecule has 2 aromatic heterocycles. The van der Waals surface area contributed by atoms with Gasteiger partial charge in [-0.05, 0) is 12.8 Å². The standard InChI is InChI=1S/C19H29N7OS/c1-14-7-20-17(22-15-8-21-24(4)9-15)23-16(14)25-10-18(2)12-26(28(5,6)27)13-19(18,3)11-25/h7-9H,5,10-13H2,1-4,6H3,(H,20,22,23)/t18-,19+,28?. The van der Waals surface area contributed by atoms with Crippen LogP contribution < -0.4 is 10.2 Å². The minimum atomic E-state index is -2.18. The fourth-order valence-corrected chi connectivity index (χ4v) is 5.56. The van der Waals surface area contributed by atoms with Crippen LogP contribution in [0.3, 0.4) is 0 Å². The Morgan fingerprint density at radius 2 is 1.82 bits per heavy atom. The van der Waals surface area contributed by atoms with Crippen molar-refractivity contribution in [3.05, 3.63) is 24.2 Å². The van der Waals surface area contributed by atoms with E-state index in [0.29, 0.717) is 5.95 Å². The third-order valence-electron chi connectivity index (χ3n) is 6.34. The summed E-state index contributed by atoms with van der Waals surface area (Å²) in [4.78, 5) is 11.6. The zero-order chi connectivity index (χ0) is 20.3. The summed E-state index contributed by atoms with van der Waals surface area (Å²) in [6.07, 6.45) is 7.24. The molecule has 9 heteroatoms. The first-order valence-corrected chi connectivity index (χ1v) is 11.5. The summed E-state index contributed by atoms with van der Waals surface area (Å²) >= 11 is 0. The second-order valence-corrected chi connectivity index (χ2v) is 11.4. The molecule has 0 aromatic carbocycles. The van der Waals surface area contributed by atoms with Crippen molar-refractivity contribution in [1.29, 1.82) is 0 Å². The SMILES string of the molecule is C=S(C)(=O)N1C[C@]2(C)CN(c3nc(Nc4cnn(C)c4)ncc3C)C[C@]2(C)C1. The molecule has 0 spiro atoms. The Bertz CT molecular complexity index is 997. The van der Waals surface area contributed by atoms with Crippen LogP contribution in [-0.2, 0) is 16.8 Å². The number of hydrogen-bond donors (Lipinski definition) is 1. The molecule has 152 valence electrons. The van der Waals surface area contributed by atoms with Gasteiger partial charge in [-0.3, -0.25) is 8.89 Å². The van der Waals surface area contributed by atoms with E-state index < -0.39 is 9.71 Å². The molecule has 1 unspecified atom stereocenters. The second-order valence-electron chi connectivity index (χ2n) is 8.96. The molecule has 2 fully saturated rings. The lowest BCUT2D eigenvalue weighted by molar-refractivity contribution is 0.212. The van der Waals surface area contributed by atoms with Crippen LogP contribution in [-0.4, -0.2) is 66.6 Å². The Balaban J connectivity index is 1.59. The molecule has 0 amide bonds. The summed E-state index contributed by atoms with van der Waals surface area (Å²) in [6.45, 7) is 9.98. The van der Waals surface area contributed by atoms with Gasteiger partial charge in [0.05, 0.1) is 11.9 Å². The number of rotatable bonds is 4. The molecule has 0 radical (unpaired) electrons. The molecular weight excluding hydrogens is 374 g/mol. The minimum absolute atomic E-state index is 0.0394. The van der Waals surface area contributed by atoms with Crippen molar-refractivity contribution in [2.45, 2.75) is 20.8 Å². The summed E-state index contributed by atoms with van der Waals surface area (Å²) in [6, 6.07) is 0. The molecule has 0 aliphatic carbocycles. The van der Waals surface area contributed by atoms with Crippen molar-refractivity contribution in [3.8, 4) is 0 Å². The molecule has 2 aliphatic heterocycles. The van der Waals surface area contributed by atoms with Crippen molar-refractivity contribution in [2.24, 2.45) is 17.9 Å². The van der Waals surface area contributed by atoms with Crippen molar-refractivity contribution in [1.82, 2.24) is 24.1 Å². The molecule has 2 aromatic rings. The number of nitrogens with one attached hydrogen (secondary N) is 1. The number of aromatic nitrogens is 4. The lowest BCUT2D eigenvalue weighted by atomic mass is 9.71. The fourth-order valence-electron chi connectivity index (χ4n) is 4.45. The van der Waals surface area contributed by atoms with Crippen LogP contribution in [0.1, 0.15) is 19.4 Å². The number of nitrogens with zero attached hydrogens (tertiary/aromatic N) is 6. The van der Waals surface area contributed by atoms with Gasteiger partial charge in [0.15, 0.2) is 0 Å². The first-order chi connectivity index (χ1) is 13.0. The molecule has 28 heavy (non-hydrogen) atoms. The highest BCUT2D eigenvalue weighted by molar-refractivity contribution is 7.97. The van der Waals surface area contributed by atoms with E-state index in [0.717, 1.165) is 43.2 Å². The highest BCUT2D eigenvalue weighted by atomic mass is 32.2. The van der Waals surface area contributed by atoms with E-state index in [2.05, 4.69) is 44.3 Å². The monoisotopic (exact) mass is 403 g/mol. The van der Waals surface area contributed by atoms with Gasteiger partial charge in [-0.2, -0.15) is 10.1 Å². The van der Waals surface area contributed by atoms with Gasteiger partial charge in [-0.1, -0.05) is 13.8 Å². The van der Waals surface area contributed by atoms with Crippen LogP contribution in [0.2, 0.25) is 0 Å². The topological polar surface area (TPSA) is 79.2 Å². The zero-order valence-corrected chi connectivity index (χ0v) is 18.1. The third kappa shape index (κ3) is 3.16. The van der Waals surface area contributed by atoms with Gasteiger partial charge < -0.3 is 10.2 Å². The number of fused-ring (bicyclic) bond motifs is 1. The lowest BCUT2D eigenvalue weighted by Gasteiger charge is -2.30. The van der Waals surface area contributed by atoms with E-state index in [4.69, 9.17) is 4.98 Å². The molecule has 0 bridgehead atoms. The summed E-state index contributed by atoms with van der Waals surface area (Å²) in [5.74, 6) is 5.41. The van der Waals surface area contributed by atoms with Crippen LogP contribution in [0.15, 0.2) is 18.6 Å². The Kier molecular flexibility index (Phi) is 4.24. The van der Waals surface area contributed by atoms with E-state index in [9.17, 15) is 4.21 Å². The molecular formula is C19H29N7OS. The third-order valence-corrected chi connectivity index (χ3v) is 7.69. The Morgan fingerprint density at radius 1 is 1.18 bits per heavy atom. The normalized spacial score (nSPS) is 29.7. The molecule has 4 rings (SSSR count). The maximum Gasteiger partial charge on any atom is 0.229 e. The van der Waals surface area contributed by atoms with Crippen molar-refractivity contribution < 1.29 is 4.21 Å². The first-order valence-electron chi connectivity index (χ1n) is 9.41. The zero-order valence-electron chi connectivity index (χ0n) is 17.3. The van der Waals surface area contributed by atoms with Gasteiger partial charge in [-0.25, -0.2) is 9.29 Å². The van der Waals surface area contributed by atoms with Gasteiger partial charge in [0.1, 0.15) is 5.82 Å². The summed E-state index contributed by atoms with van der Waals surface area (Å²) in [7, 11) is -0.303. The number of aryl methyl sites for hydroxylation is 2. The van der Waals surface area contributed by atoms with E-state index in [1.807, 2.05) is 26.4 Å². The maximum absolute atomic E-state index is 12.5. The second kappa shape index (κ2) is 6.18. The largest absolute Gasteiger partial charge is 0.355 e. The highest BCUT2D eigenvalue weighted by Crippen LogP contribution is 2.53. The van der Waals surface area contributed by atoms with Gasteiger partial charge >= 0.3 is 0 Å². The fraction of sp³-hybridized carbons (Fsp3) is 0.579. The average molecular weight is 404 g/mol. The van der Waals surface area contributed by atoms with Crippen LogP contribution in [0, 0.1) is 17.8 Å². The van der Waals surface area contributed by atoms with E-state index in [1.54, 1.807) is 17.1 Å². The Morgan fingerprint density at radius 3 is 2.36 bits per heavy atom. The molecule has 8 nitrogen and oxygen atoms in total. The maximum atomic E-state index is 12.5. The highest BCUT2D eigenvalue weighted by Gasteiger charge is 2.58. The van der Waals surface area contributed by atoms with Gasteiger partial charge in [0.25, 0.3) is 0 Å². The van der Waals surface area contributed by atoms with Crippen LogP contribution >= 0.6 is 0 Å². The van der Waals surface area contributed by atoms with E-state index >= 15 is 0 Å². The van der Waals surface area contributed by atoms with Crippen molar-refractivity contribution >= 4 is 33.0 Å². The number of anilines is 3. The first kappa shape index (κ1) is 19.2. The Hall–Kier alpha value is -2.13. The summed E-state index contributed by atoms with van der Waals surface area (Å²) in [5, 5.41) is 7.39. The summed E-state index contributed by atoms with van der Waals surface area (Å²) < 4.78 is 16.3. The molecule has 1 N–H and O–H groups in total. The van der Waals surface area contributed by atoms with Gasteiger partial charge in [-0.15, -0.1) is 0 Å². The predicted molar refractivity (Wildman–Crippen MR) is 114 cm³/mol. The average Bonchev–Trinajstić information content (AvgIpc) is 3.17. The number of hydrogen-bond acceptors (Lipinski definition) is 6. The molecule has 2 aliphatic rings. The predicted octanol–water partition coefficient (Wildman–Crippen LogP) is 1.67. The van der Waals surface area contributed by atoms with E-state index in [1.165, 1.54) is 0 Å². The van der Waals surface area contributed by atoms with E-state index in [-0.39, 0.29) is 10.8 Å². The Labute approximate surface area is 167 Å². The van der Waals surface area contributed by atoms with Gasteiger partial charge in [0, 0.05) is 78.0 Å². The summed E-state index contributed by atoms with van der Waals surface area (Å²) in [5.41, 5.74) is 1.99. The lowest BCUT2D eigenvalue weighted by Crippen LogP contribution is -2.35.